The Labute approximate surface area is 509 Å². The highest BCUT2D eigenvalue weighted by Crippen LogP contribution is 2.45. The summed E-state index contributed by atoms with van der Waals surface area (Å²) in [5, 5.41) is 25.7. The number of fused-ring (bicyclic) bond motifs is 8. The van der Waals surface area contributed by atoms with Gasteiger partial charge in [0.25, 0.3) is 0 Å². The zero-order valence-corrected chi connectivity index (χ0v) is 52.1. The highest BCUT2D eigenvalue weighted by atomic mass is 35.5. The first-order chi connectivity index (χ1) is 39.2. The SMILES string of the molecule is CC(C)(C)c1cc2c(O)c(c1)Cc1cc(C(C)(C)C)cc(c1OC(=O)c1cc(OC(=O)CCl)cc(OC(=O)CCl)c1)Cc1cc(C(C)(C)C)cc(c1O)Cc1cc(C(C)(C)C)cc(c1OC(=O)c1cc(OC(=O)CCl)cc(OC(=O)CCl)c1)C2. The maximum Gasteiger partial charge on any atom is 0.343 e. The van der Waals surface area contributed by atoms with Crippen molar-refractivity contribution in [3.63, 3.8) is 0 Å². The fourth-order valence-corrected chi connectivity index (χ4v) is 9.68. The molecule has 14 nitrogen and oxygen atoms in total. The third kappa shape index (κ3) is 15.8. The van der Waals surface area contributed by atoms with E-state index in [4.69, 9.17) is 74.8 Å². The van der Waals surface area contributed by atoms with Crippen LogP contribution in [0.5, 0.6) is 46.0 Å². The highest BCUT2D eigenvalue weighted by molar-refractivity contribution is 6.27. The first-order valence-corrected chi connectivity index (χ1v) is 29.2. The lowest BCUT2D eigenvalue weighted by molar-refractivity contribution is -0.132. The van der Waals surface area contributed by atoms with Crippen LogP contribution in [0.2, 0.25) is 0 Å². The minimum absolute atomic E-state index is 0.0100. The third-order valence-electron chi connectivity index (χ3n) is 14.0. The van der Waals surface area contributed by atoms with Crippen molar-refractivity contribution >= 4 is 82.2 Å². The van der Waals surface area contributed by atoms with Crippen LogP contribution >= 0.6 is 46.4 Å². The van der Waals surface area contributed by atoms with Gasteiger partial charge in [-0.2, -0.15) is 0 Å². The molecule has 84 heavy (non-hydrogen) atoms. The normalized spacial score (nSPS) is 12.7. The second kappa shape index (κ2) is 25.6. The van der Waals surface area contributed by atoms with E-state index in [0.29, 0.717) is 44.5 Å². The van der Waals surface area contributed by atoms with Crippen molar-refractivity contribution in [2.45, 2.75) is 130 Å². The number of benzene rings is 6. The van der Waals surface area contributed by atoms with Crippen LogP contribution in [0.25, 0.3) is 0 Å². The summed E-state index contributed by atoms with van der Waals surface area (Å²) < 4.78 is 34.6. The molecule has 0 spiro atoms. The summed E-state index contributed by atoms with van der Waals surface area (Å²) in [5.41, 5.74) is 4.78. The minimum Gasteiger partial charge on any atom is -0.507 e. The largest absolute Gasteiger partial charge is 0.507 e. The fourth-order valence-electron chi connectivity index (χ4n) is 9.46. The Hall–Kier alpha value is -7.10. The van der Waals surface area contributed by atoms with Gasteiger partial charge >= 0.3 is 35.8 Å². The number of carbonyl (C=O) groups is 6. The molecule has 0 unspecified atom stereocenters. The molecule has 444 valence electrons. The molecule has 1 aliphatic rings. The van der Waals surface area contributed by atoms with Gasteiger partial charge in [-0.15, -0.1) is 46.4 Å². The molecule has 6 aromatic carbocycles. The van der Waals surface area contributed by atoms with Gasteiger partial charge in [-0.25, -0.2) is 9.59 Å². The summed E-state index contributed by atoms with van der Waals surface area (Å²) >= 11 is 23.1. The Kier molecular flexibility index (Phi) is 19.7. The lowest BCUT2D eigenvalue weighted by Gasteiger charge is -2.28. The number of aromatic hydroxyl groups is 2. The summed E-state index contributed by atoms with van der Waals surface area (Å²) in [5.74, 6) is -7.93. The van der Waals surface area contributed by atoms with Crippen molar-refractivity contribution in [1.29, 1.82) is 0 Å². The van der Waals surface area contributed by atoms with Crippen LogP contribution < -0.4 is 28.4 Å². The van der Waals surface area contributed by atoms with Gasteiger partial charge in [0.05, 0.1) is 11.1 Å². The van der Waals surface area contributed by atoms with Gasteiger partial charge in [0.2, 0.25) is 0 Å². The maximum absolute atomic E-state index is 14.9. The van der Waals surface area contributed by atoms with E-state index >= 15 is 0 Å². The molecule has 0 radical (unpaired) electrons. The van der Waals surface area contributed by atoms with Gasteiger partial charge in [-0.1, -0.05) is 132 Å². The van der Waals surface area contributed by atoms with Crippen LogP contribution in [0.3, 0.4) is 0 Å². The van der Waals surface area contributed by atoms with Crippen LogP contribution in [0, 0.1) is 0 Å². The number of alkyl halides is 4. The van der Waals surface area contributed by atoms with Crippen molar-refractivity contribution in [2.75, 3.05) is 23.5 Å². The number of halogens is 4. The molecule has 6 aromatic rings. The van der Waals surface area contributed by atoms with Crippen molar-refractivity contribution in [3.8, 4) is 46.0 Å². The number of ether oxygens (including phenoxy) is 6. The maximum atomic E-state index is 14.9. The zero-order chi connectivity index (χ0) is 62.0. The quantitative estimate of drug-likeness (QED) is 0.0665. The molecule has 0 fully saturated rings. The Balaban J connectivity index is 1.54. The van der Waals surface area contributed by atoms with E-state index in [1.807, 2.05) is 132 Å². The van der Waals surface area contributed by atoms with Crippen LogP contribution in [0.1, 0.15) is 171 Å². The van der Waals surface area contributed by atoms with Crippen LogP contribution in [-0.4, -0.2) is 69.5 Å². The fraction of sp³-hybridized carbons (Fsp3) is 0.364. The topological polar surface area (TPSA) is 198 Å². The monoisotopic (exact) mass is 1220 g/mol. The van der Waals surface area contributed by atoms with E-state index < -0.39 is 81.0 Å². The number of hydrogen-bond donors (Lipinski definition) is 2. The molecule has 7 rings (SSSR count). The second-order valence-electron chi connectivity index (χ2n) is 24.8. The summed E-state index contributed by atoms with van der Waals surface area (Å²) in [4.78, 5) is 79.5. The molecule has 0 saturated heterocycles. The lowest BCUT2D eigenvalue weighted by atomic mass is 9.79. The molecule has 18 heteroatoms. The van der Waals surface area contributed by atoms with Gasteiger partial charge in [-0.3, -0.25) is 19.2 Å². The smallest absolute Gasteiger partial charge is 0.343 e. The van der Waals surface area contributed by atoms with Crippen LogP contribution in [-0.2, 0) is 66.5 Å². The molecule has 0 amide bonds. The average molecular weight is 1230 g/mol. The van der Waals surface area contributed by atoms with Crippen molar-refractivity contribution in [3.05, 3.63) is 163 Å². The number of esters is 6. The summed E-state index contributed by atoms with van der Waals surface area (Å²) in [6, 6.07) is 22.8. The number of hydrogen-bond acceptors (Lipinski definition) is 14. The number of rotatable bonds is 12. The lowest BCUT2D eigenvalue weighted by Crippen LogP contribution is -2.18. The predicted molar refractivity (Wildman–Crippen MR) is 323 cm³/mol. The van der Waals surface area contributed by atoms with Crippen molar-refractivity contribution in [1.82, 2.24) is 0 Å². The number of carbonyl (C=O) groups excluding carboxylic acids is 6. The van der Waals surface area contributed by atoms with Crippen LogP contribution in [0.15, 0.2) is 84.9 Å². The van der Waals surface area contributed by atoms with E-state index in [-0.39, 0.29) is 82.8 Å². The Bertz CT molecular complexity index is 3190. The summed E-state index contributed by atoms with van der Waals surface area (Å²) in [6.07, 6.45) is -0.0401. The van der Waals surface area contributed by atoms with E-state index in [2.05, 4.69) is 0 Å². The minimum atomic E-state index is -0.935. The first kappa shape index (κ1) is 64.5. The molecule has 0 atom stereocenters. The first-order valence-electron chi connectivity index (χ1n) is 27.0. The standard InChI is InChI=1S/C66H68Cl4O14/c1-63(2,3)45-17-35-13-39-21-47(65(7,8)9)23-41(59(39)83-61(77)43-25-49(79-53(71)31-67)29-50(26-43)80-54(72)32-68)15-37-19-46(64(4,5)6)20-38(58(37)76)16-42-24-48(66(10,11)12)22-40(14-36(18-45)57(35)75)60(42)84-62(78)44-27-51(81-55(73)33-69)30-52(28-44)82-56(74)34-70/h17-30,75-76H,13-16,31-34H2,1-12H3. The molecule has 0 aromatic heterocycles. The van der Waals surface area contributed by atoms with Gasteiger partial charge in [0, 0.05) is 60.1 Å². The van der Waals surface area contributed by atoms with E-state index in [0.717, 1.165) is 22.3 Å². The molecule has 0 saturated carbocycles. The molecule has 0 heterocycles. The predicted octanol–water partition coefficient (Wildman–Crippen LogP) is 14.0. The van der Waals surface area contributed by atoms with Gasteiger partial charge in [-0.05, 0) is 90.4 Å². The van der Waals surface area contributed by atoms with E-state index in [1.165, 1.54) is 36.4 Å². The molecule has 8 bridgehead atoms. The summed E-state index contributed by atoms with van der Waals surface area (Å²) in [6.45, 7) is 24.5. The Morgan fingerprint density at radius 1 is 0.333 bits per heavy atom. The van der Waals surface area contributed by atoms with E-state index in [9.17, 15) is 39.0 Å². The molecule has 0 aliphatic heterocycles. The van der Waals surface area contributed by atoms with Crippen molar-refractivity contribution < 1.29 is 67.4 Å². The van der Waals surface area contributed by atoms with Gasteiger partial charge in [0.1, 0.15) is 69.5 Å². The van der Waals surface area contributed by atoms with Gasteiger partial charge < -0.3 is 38.6 Å². The second-order valence-corrected chi connectivity index (χ2v) is 25.9. The third-order valence-corrected chi connectivity index (χ3v) is 14.9. The number of phenols is 2. The molecule has 1 aliphatic carbocycles. The average Bonchev–Trinajstić information content (AvgIpc) is 1.27. The molecule has 2 N–H and O–H groups in total. The Morgan fingerprint density at radius 2 is 0.536 bits per heavy atom. The van der Waals surface area contributed by atoms with Gasteiger partial charge in [0.15, 0.2) is 0 Å². The molecular weight excluding hydrogens is 1160 g/mol. The van der Waals surface area contributed by atoms with Crippen molar-refractivity contribution in [2.24, 2.45) is 0 Å². The zero-order valence-electron chi connectivity index (χ0n) is 49.0. The number of phenolic OH excluding ortho intramolecular Hbond substituents is 2. The highest BCUT2D eigenvalue weighted by Gasteiger charge is 2.31. The molecular formula is C66H68Cl4O14. The Morgan fingerprint density at radius 3 is 0.726 bits per heavy atom. The van der Waals surface area contributed by atoms with E-state index in [1.54, 1.807) is 0 Å². The summed E-state index contributed by atoms with van der Waals surface area (Å²) in [7, 11) is 0. The van der Waals surface area contributed by atoms with Crippen LogP contribution in [0.4, 0.5) is 0 Å².